The molecule has 2 N–H and O–H groups in total. The van der Waals surface area contributed by atoms with Gasteiger partial charge < -0.3 is 5.73 Å². The number of aromatic nitrogens is 1. The molecule has 0 aliphatic rings. The number of nitrogens with zero attached hydrogens (tertiary/aromatic N) is 1. The molecule has 1 aromatic heterocycles. The Hall–Kier alpha value is -0.940. The molecule has 1 aromatic rings. The molecular formula is C11H18N2O2S. The summed E-state index contributed by atoms with van der Waals surface area (Å²) in [5.41, 5.74) is 6.99. The third-order valence-corrected chi connectivity index (χ3v) is 4.69. The van der Waals surface area contributed by atoms with Crippen molar-refractivity contribution in [2.24, 2.45) is 5.73 Å². The van der Waals surface area contributed by atoms with E-state index >= 15 is 0 Å². The summed E-state index contributed by atoms with van der Waals surface area (Å²) in [4.78, 5) is 3.92. The molecule has 0 saturated carbocycles. The van der Waals surface area contributed by atoms with Gasteiger partial charge in [-0.3, -0.25) is 4.98 Å². The summed E-state index contributed by atoms with van der Waals surface area (Å²) in [5.74, 6) is -0.00674. The van der Waals surface area contributed by atoms with E-state index in [-0.39, 0.29) is 5.92 Å². The Labute approximate surface area is 96.8 Å². The molecule has 4 nitrogen and oxygen atoms in total. The lowest BCUT2D eigenvalue weighted by Gasteiger charge is -2.24. The fraction of sp³-hybridized carbons (Fsp3) is 0.545. The summed E-state index contributed by atoms with van der Waals surface area (Å²) < 4.78 is 22.8. The van der Waals surface area contributed by atoms with Gasteiger partial charge >= 0.3 is 0 Å². The van der Waals surface area contributed by atoms with Gasteiger partial charge in [-0.15, -0.1) is 0 Å². The van der Waals surface area contributed by atoms with Gasteiger partial charge in [0.25, 0.3) is 0 Å². The molecule has 0 aliphatic heterocycles. The topological polar surface area (TPSA) is 73.0 Å². The van der Waals surface area contributed by atoms with Crippen LogP contribution >= 0.6 is 0 Å². The molecule has 0 saturated heterocycles. The minimum Gasteiger partial charge on any atom is -0.326 e. The summed E-state index contributed by atoms with van der Waals surface area (Å²) in [7, 11) is -3.10. The van der Waals surface area contributed by atoms with E-state index < -0.39 is 21.1 Å². The van der Waals surface area contributed by atoms with Crippen molar-refractivity contribution in [3.63, 3.8) is 0 Å². The zero-order valence-corrected chi connectivity index (χ0v) is 10.6. The fourth-order valence-corrected chi connectivity index (χ4v) is 2.39. The number of hydrogen-bond donors (Lipinski definition) is 1. The van der Waals surface area contributed by atoms with Crippen molar-refractivity contribution in [2.45, 2.75) is 31.1 Å². The van der Waals surface area contributed by atoms with E-state index in [1.54, 1.807) is 19.3 Å². The summed E-state index contributed by atoms with van der Waals surface area (Å²) >= 11 is 0. The summed E-state index contributed by atoms with van der Waals surface area (Å²) in [6.45, 7) is 3.58. The highest BCUT2D eigenvalue weighted by Crippen LogP contribution is 2.21. The maximum Gasteiger partial charge on any atom is 0.151 e. The van der Waals surface area contributed by atoms with E-state index in [1.807, 2.05) is 19.1 Å². The molecule has 5 heteroatoms. The lowest BCUT2D eigenvalue weighted by atomic mass is 9.93. The first-order valence-corrected chi connectivity index (χ1v) is 7.14. The third-order valence-electron chi connectivity index (χ3n) is 3.03. The number of rotatable bonds is 4. The van der Waals surface area contributed by atoms with E-state index in [1.165, 1.54) is 6.26 Å². The first-order chi connectivity index (χ1) is 7.34. The van der Waals surface area contributed by atoms with Gasteiger partial charge in [-0.25, -0.2) is 8.42 Å². The van der Waals surface area contributed by atoms with Crippen LogP contribution in [0.2, 0.25) is 0 Å². The first-order valence-electron chi connectivity index (χ1n) is 5.18. The third kappa shape index (κ3) is 3.02. The van der Waals surface area contributed by atoms with Crippen LogP contribution < -0.4 is 5.73 Å². The Morgan fingerprint density at radius 2 is 1.75 bits per heavy atom. The molecule has 3 atom stereocenters. The van der Waals surface area contributed by atoms with Crippen LogP contribution in [-0.2, 0) is 9.84 Å². The summed E-state index contributed by atoms with van der Waals surface area (Å²) in [6.07, 6.45) is 4.59. The SMILES string of the molecule is CC(c1ccncc1)C(N)C(C)S(C)(=O)=O. The van der Waals surface area contributed by atoms with Crippen LogP contribution in [0.1, 0.15) is 25.3 Å². The van der Waals surface area contributed by atoms with Gasteiger partial charge in [0.15, 0.2) is 9.84 Å². The summed E-state index contributed by atoms with van der Waals surface area (Å²) in [6, 6.07) is 3.32. The van der Waals surface area contributed by atoms with Gasteiger partial charge in [-0.2, -0.15) is 0 Å². The van der Waals surface area contributed by atoms with E-state index in [0.29, 0.717) is 0 Å². The van der Waals surface area contributed by atoms with Crippen molar-refractivity contribution in [3.05, 3.63) is 30.1 Å². The molecule has 0 amide bonds. The first kappa shape index (κ1) is 13.1. The van der Waals surface area contributed by atoms with Crippen molar-refractivity contribution in [1.82, 2.24) is 4.98 Å². The van der Waals surface area contributed by atoms with E-state index in [4.69, 9.17) is 5.73 Å². The van der Waals surface area contributed by atoms with E-state index in [0.717, 1.165) is 5.56 Å². The zero-order valence-electron chi connectivity index (χ0n) is 9.79. The van der Waals surface area contributed by atoms with Crippen LogP contribution in [0.3, 0.4) is 0 Å². The Morgan fingerprint density at radius 3 is 2.19 bits per heavy atom. The quantitative estimate of drug-likeness (QED) is 0.853. The van der Waals surface area contributed by atoms with Gasteiger partial charge in [0, 0.05) is 24.7 Å². The van der Waals surface area contributed by atoms with Crippen molar-refractivity contribution >= 4 is 9.84 Å². The molecular weight excluding hydrogens is 224 g/mol. The number of nitrogens with two attached hydrogens (primary N) is 1. The van der Waals surface area contributed by atoms with Crippen LogP contribution in [0, 0.1) is 0 Å². The average Bonchev–Trinajstić information content (AvgIpc) is 2.26. The highest BCUT2D eigenvalue weighted by atomic mass is 32.2. The van der Waals surface area contributed by atoms with Crippen LogP contribution in [0.15, 0.2) is 24.5 Å². The molecule has 0 aliphatic carbocycles. The highest BCUT2D eigenvalue weighted by Gasteiger charge is 2.27. The van der Waals surface area contributed by atoms with Gasteiger partial charge in [-0.1, -0.05) is 6.92 Å². The summed E-state index contributed by atoms with van der Waals surface area (Å²) in [5, 5.41) is -0.546. The highest BCUT2D eigenvalue weighted by molar-refractivity contribution is 7.91. The normalized spacial score (nSPS) is 17.8. The molecule has 0 radical (unpaired) electrons. The molecule has 3 unspecified atom stereocenters. The molecule has 0 aromatic carbocycles. The number of hydrogen-bond acceptors (Lipinski definition) is 4. The van der Waals surface area contributed by atoms with Crippen molar-refractivity contribution in [1.29, 1.82) is 0 Å². The molecule has 0 bridgehead atoms. The van der Waals surface area contributed by atoms with Crippen LogP contribution in [-0.4, -0.2) is 30.9 Å². The molecule has 16 heavy (non-hydrogen) atoms. The zero-order chi connectivity index (χ0) is 12.3. The molecule has 1 heterocycles. The second-order valence-electron chi connectivity index (χ2n) is 4.18. The van der Waals surface area contributed by atoms with Crippen molar-refractivity contribution in [3.8, 4) is 0 Å². The Bertz CT molecular complexity index is 431. The van der Waals surface area contributed by atoms with Crippen LogP contribution in [0.5, 0.6) is 0 Å². The predicted molar refractivity (Wildman–Crippen MR) is 64.9 cm³/mol. The standard InChI is InChI=1S/C11H18N2O2S/c1-8(10-4-6-13-7-5-10)11(12)9(2)16(3,14)15/h4-9,11H,12H2,1-3H3. The second-order valence-corrected chi connectivity index (χ2v) is 6.58. The Balaban J connectivity index is 2.87. The van der Waals surface area contributed by atoms with Crippen LogP contribution in [0.25, 0.3) is 0 Å². The smallest absolute Gasteiger partial charge is 0.151 e. The monoisotopic (exact) mass is 242 g/mol. The van der Waals surface area contributed by atoms with Crippen molar-refractivity contribution in [2.75, 3.05) is 6.26 Å². The minimum atomic E-state index is -3.10. The lowest BCUT2D eigenvalue weighted by molar-refractivity contribution is 0.522. The Kier molecular flexibility index (Phi) is 4.04. The average molecular weight is 242 g/mol. The molecule has 0 fully saturated rings. The number of sulfone groups is 1. The molecule has 0 spiro atoms. The van der Waals surface area contributed by atoms with Crippen molar-refractivity contribution < 1.29 is 8.42 Å². The van der Waals surface area contributed by atoms with Crippen LogP contribution in [0.4, 0.5) is 0 Å². The maximum atomic E-state index is 11.4. The van der Waals surface area contributed by atoms with Gasteiger partial charge in [-0.05, 0) is 30.5 Å². The van der Waals surface area contributed by atoms with Gasteiger partial charge in [0.2, 0.25) is 0 Å². The van der Waals surface area contributed by atoms with Gasteiger partial charge in [0.1, 0.15) is 0 Å². The minimum absolute atomic E-state index is 0.00674. The van der Waals surface area contributed by atoms with E-state index in [2.05, 4.69) is 4.98 Å². The maximum absolute atomic E-state index is 11.4. The van der Waals surface area contributed by atoms with E-state index in [9.17, 15) is 8.42 Å². The molecule has 90 valence electrons. The fourth-order valence-electron chi connectivity index (χ4n) is 1.58. The number of pyridine rings is 1. The Morgan fingerprint density at radius 1 is 1.25 bits per heavy atom. The molecule has 1 rings (SSSR count). The predicted octanol–water partition coefficient (Wildman–Crippen LogP) is 0.946. The largest absolute Gasteiger partial charge is 0.326 e. The second kappa shape index (κ2) is 4.93. The van der Waals surface area contributed by atoms with Gasteiger partial charge in [0.05, 0.1) is 5.25 Å². The lowest BCUT2D eigenvalue weighted by Crippen LogP contribution is -2.41.